The minimum Gasteiger partial charge on any atom is -0.444 e. The maximum Gasteiger partial charge on any atom is 0.410 e. The Morgan fingerprint density at radius 1 is 1.26 bits per heavy atom. The number of carbonyl (C=O) groups is 2. The molecule has 0 radical (unpaired) electrons. The monoisotopic (exact) mass is 374 g/mol. The highest BCUT2D eigenvalue weighted by molar-refractivity contribution is 5.98. The van der Waals surface area contributed by atoms with Crippen LogP contribution in [0.25, 0.3) is 0 Å². The van der Waals surface area contributed by atoms with E-state index in [2.05, 4.69) is 6.92 Å². The van der Waals surface area contributed by atoms with Gasteiger partial charge in [-0.25, -0.2) is 4.79 Å². The molecule has 6 nitrogen and oxygen atoms in total. The van der Waals surface area contributed by atoms with Crippen LogP contribution in [0.3, 0.4) is 0 Å². The fourth-order valence-corrected chi connectivity index (χ4v) is 3.97. The lowest BCUT2D eigenvalue weighted by molar-refractivity contribution is 0.000835. The molecule has 0 spiro atoms. The summed E-state index contributed by atoms with van der Waals surface area (Å²) in [5.74, 6) is 0.558. The quantitative estimate of drug-likeness (QED) is 0.880. The van der Waals surface area contributed by atoms with Crippen molar-refractivity contribution >= 4 is 12.0 Å². The lowest BCUT2D eigenvalue weighted by Crippen LogP contribution is -2.44. The van der Waals surface area contributed by atoms with Crippen molar-refractivity contribution in [2.24, 2.45) is 11.8 Å². The Morgan fingerprint density at radius 2 is 1.89 bits per heavy atom. The number of hydrogen-bond donors (Lipinski definition) is 1. The van der Waals surface area contributed by atoms with Gasteiger partial charge in [0.05, 0.1) is 0 Å². The van der Waals surface area contributed by atoms with Crippen molar-refractivity contribution in [3.63, 3.8) is 0 Å². The maximum absolute atomic E-state index is 12.6. The third-order valence-corrected chi connectivity index (χ3v) is 5.51. The normalized spacial score (nSPS) is 22.0. The van der Waals surface area contributed by atoms with Crippen molar-refractivity contribution in [1.29, 1.82) is 0 Å². The Kier molecular flexibility index (Phi) is 5.47. The number of ether oxygens (including phenoxy) is 1. The van der Waals surface area contributed by atoms with Crippen LogP contribution in [0, 0.1) is 11.8 Å². The Hall–Kier alpha value is -2.08. The van der Waals surface area contributed by atoms with Crippen LogP contribution >= 0.6 is 0 Å². The molecular weight excluding hydrogens is 344 g/mol. The first-order chi connectivity index (χ1) is 12.7. The lowest BCUT2D eigenvalue weighted by atomic mass is 9.85. The highest BCUT2D eigenvalue weighted by Gasteiger charge is 2.37. The van der Waals surface area contributed by atoms with Crippen LogP contribution in [0.2, 0.25) is 0 Å². The van der Waals surface area contributed by atoms with Crippen molar-refractivity contribution in [1.82, 2.24) is 9.80 Å². The SMILES string of the molecule is C[C@@H](CN1C(=O)c2ccccc2C1O)C1CCN(C(=O)OC(C)(C)C)CC1. The van der Waals surface area contributed by atoms with Gasteiger partial charge in [0.1, 0.15) is 5.60 Å². The molecule has 2 amide bonds. The van der Waals surface area contributed by atoms with E-state index in [4.69, 9.17) is 4.74 Å². The summed E-state index contributed by atoms with van der Waals surface area (Å²) in [5.41, 5.74) is 0.800. The van der Waals surface area contributed by atoms with Crippen molar-refractivity contribution < 1.29 is 19.4 Å². The number of benzene rings is 1. The van der Waals surface area contributed by atoms with E-state index in [0.717, 1.165) is 12.8 Å². The van der Waals surface area contributed by atoms with Gasteiger partial charge in [-0.15, -0.1) is 0 Å². The number of piperidine rings is 1. The molecule has 148 valence electrons. The molecule has 2 aliphatic heterocycles. The smallest absolute Gasteiger partial charge is 0.410 e. The molecule has 1 aromatic rings. The van der Waals surface area contributed by atoms with Crippen LogP contribution in [0.1, 0.15) is 62.7 Å². The predicted molar refractivity (Wildman–Crippen MR) is 102 cm³/mol. The summed E-state index contributed by atoms with van der Waals surface area (Å²) in [6, 6.07) is 7.24. The standard InChI is InChI=1S/C21H30N2O4/c1-14(13-23-18(24)16-7-5-6-8-17(16)19(23)25)15-9-11-22(12-10-15)20(26)27-21(2,3)4/h5-8,14-15,18,24H,9-13H2,1-4H3/t14-,18?/m0/s1. The fourth-order valence-electron chi connectivity index (χ4n) is 3.97. The van der Waals surface area contributed by atoms with Crippen molar-refractivity contribution in [3.8, 4) is 0 Å². The molecule has 2 atom stereocenters. The third-order valence-electron chi connectivity index (χ3n) is 5.51. The first-order valence-corrected chi connectivity index (χ1v) is 9.73. The van der Waals surface area contributed by atoms with E-state index >= 15 is 0 Å². The largest absolute Gasteiger partial charge is 0.444 e. The summed E-state index contributed by atoms with van der Waals surface area (Å²) in [5, 5.41) is 10.5. The molecule has 0 aliphatic carbocycles. The number of carbonyl (C=O) groups excluding carboxylic acids is 2. The van der Waals surface area contributed by atoms with Gasteiger partial charge in [-0.2, -0.15) is 0 Å². The van der Waals surface area contributed by atoms with Crippen LogP contribution < -0.4 is 0 Å². The number of aliphatic hydroxyl groups is 1. The molecule has 0 aromatic heterocycles. The highest BCUT2D eigenvalue weighted by atomic mass is 16.6. The molecule has 1 fully saturated rings. The molecule has 27 heavy (non-hydrogen) atoms. The number of amides is 2. The minimum absolute atomic E-state index is 0.101. The summed E-state index contributed by atoms with van der Waals surface area (Å²) < 4.78 is 5.45. The Morgan fingerprint density at radius 3 is 2.48 bits per heavy atom. The summed E-state index contributed by atoms with van der Waals surface area (Å²) in [6.45, 7) is 9.59. The molecule has 2 heterocycles. The van der Waals surface area contributed by atoms with E-state index < -0.39 is 11.8 Å². The minimum atomic E-state index is -0.863. The van der Waals surface area contributed by atoms with Crippen molar-refractivity contribution in [2.45, 2.75) is 52.4 Å². The van der Waals surface area contributed by atoms with Gasteiger partial charge in [0, 0.05) is 30.8 Å². The molecule has 0 bridgehead atoms. The molecule has 1 saturated heterocycles. The Labute approximate surface area is 161 Å². The molecule has 6 heteroatoms. The van der Waals surface area contributed by atoms with Crippen LogP contribution in [-0.2, 0) is 4.74 Å². The van der Waals surface area contributed by atoms with Gasteiger partial charge in [0.2, 0.25) is 0 Å². The second-order valence-corrected chi connectivity index (χ2v) is 8.70. The fraction of sp³-hybridized carbons (Fsp3) is 0.619. The van der Waals surface area contributed by atoms with Gasteiger partial charge in [-0.3, -0.25) is 4.79 Å². The van der Waals surface area contributed by atoms with Gasteiger partial charge in [0.25, 0.3) is 5.91 Å². The number of aliphatic hydroxyl groups excluding tert-OH is 1. The number of hydrogen-bond acceptors (Lipinski definition) is 4. The van der Waals surface area contributed by atoms with Crippen molar-refractivity contribution in [2.75, 3.05) is 19.6 Å². The molecule has 0 saturated carbocycles. The van der Waals surface area contributed by atoms with Crippen LogP contribution in [-0.4, -0.2) is 52.1 Å². The molecule has 1 aromatic carbocycles. The first-order valence-electron chi connectivity index (χ1n) is 9.73. The maximum atomic E-state index is 12.6. The highest BCUT2D eigenvalue weighted by Crippen LogP contribution is 2.34. The zero-order valence-corrected chi connectivity index (χ0v) is 16.6. The molecule has 3 rings (SSSR count). The number of likely N-dealkylation sites (tertiary alicyclic amines) is 1. The van der Waals surface area contributed by atoms with E-state index in [1.807, 2.05) is 39.0 Å². The van der Waals surface area contributed by atoms with E-state index in [9.17, 15) is 14.7 Å². The molecule has 1 unspecified atom stereocenters. The van der Waals surface area contributed by atoms with Gasteiger partial charge in [-0.05, 0) is 51.5 Å². The number of fused-ring (bicyclic) bond motifs is 1. The van der Waals surface area contributed by atoms with Crippen LogP contribution in [0.4, 0.5) is 4.79 Å². The molecule has 2 aliphatic rings. The van der Waals surface area contributed by atoms with E-state index in [0.29, 0.717) is 36.7 Å². The van der Waals surface area contributed by atoms with Gasteiger partial charge < -0.3 is 19.6 Å². The second-order valence-electron chi connectivity index (χ2n) is 8.70. The Bertz CT molecular complexity index is 704. The second kappa shape index (κ2) is 7.50. The van der Waals surface area contributed by atoms with Crippen molar-refractivity contribution in [3.05, 3.63) is 35.4 Å². The summed E-state index contributed by atoms with van der Waals surface area (Å²) in [4.78, 5) is 28.1. The number of nitrogens with zero attached hydrogens (tertiary/aromatic N) is 2. The van der Waals surface area contributed by atoms with Gasteiger partial charge >= 0.3 is 6.09 Å². The molecule has 1 N–H and O–H groups in total. The summed E-state index contributed by atoms with van der Waals surface area (Å²) in [7, 11) is 0. The lowest BCUT2D eigenvalue weighted by Gasteiger charge is -2.37. The predicted octanol–water partition coefficient (Wildman–Crippen LogP) is 3.42. The van der Waals surface area contributed by atoms with E-state index in [1.165, 1.54) is 0 Å². The topological polar surface area (TPSA) is 70.1 Å². The van der Waals surface area contributed by atoms with Crippen LogP contribution in [0.5, 0.6) is 0 Å². The Balaban J connectivity index is 1.54. The number of rotatable bonds is 3. The first kappa shape index (κ1) is 19.7. The third kappa shape index (κ3) is 4.26. The zero-order valence-electron chi connectivity index (χ0n) is 16.6. The zero-order chi connectivity index (χ0) is 19.8. The molecular formula is C21H30N2O4. The van der Waals surface area contributed by atoms with Crippen LogP contribution in [0.15, 0.2) is 24.3 Å². The summed E-state index contributed by atoms with van der Waals surface area (Å²) >= 11 is 0. The van der Waals surface area contributed by atoms with Gasteiger partial charge in [0.15, 0.2) is 6.23 Å². The average Bonchev–Trinajstić information content (AvgIpc) is 2.86. The van der Waals surface area contributed by atoms with E-state index in [-0.39, 0.29) is 17.9 Å². The van der Waals surface area contributed by atoms with Gasteiger partial charge in [-0.1, -0.05) is 25.1 Å². The van der Waals surface area contributed by atoms with E-state index in [1.54, 1.807) is 15.9 Å². The average molecular weight is 374 g/mol. The summed E-state index contributed by atoms with van der Waals surface area (Å²) in [6.07, 6.45) is 0.643.